The normalized spacial score (nSPS) is 14.8. The third kappa shape index (κ3) is 5.09. The minimum absolute atomic E-state index is 0.298. The molecule has 2 aromatic carbocycles. The van der Waals surface area contributed by atoms with Gasteiger partial charge in [-0.25, -0.2) is 9.48 Å². The van der Waals surface area contributed by atoms with Crippen molar-refractivity contribution in [3.05, 3.63) is 63.7 Å². The van der Waals surface area contributed by atoms with Crippen molar-refractivity contribution in [1.29, 1.82) is 0 Å². The van der Waals surface area contributed by atoms with Gasteiger partial charge in [-0.1, -0.05) is 29.8 Å². The van der Waals surface area contributed by atoms with Crippen LogP contribution in [0.4, 0.5) is 0 Å². The number of ether oxygens (including phenoxy) is 2. The molecule has 8 nitrogen and oxygen atoms in total. The second-order valence-electron chi connectivity index (χ2n) is 10.4. The number of hydrogen-bond donors (Lipinski definition) is 0. The van der Waals surface area contributed by atoms with Gasteiger partial charge in [0.15, 0.2) is 6.04 Å². The second kappa shape index (κ2) is 9.24. The lowest BCUT2D eigenvalue weighted by atomic mass is 10.1. The summed E-state index contributed by atoms with van der Waals surface area (Å²) in [4.78, 5) is 25.9. The Kier molecular flexibility index (Phi) is 6.24. The van der Waals surface area contributed by atoms with Crippen molar-refractivity contribution < 1.29 is 14.3 Å². The lowest BCUT2D eigenvalue weighted by Crippen LogP contribution is -2.35. The highest BCUT2D eigenvalue weighted by Crippen LogP contribution is 2.34. The zero-order chi connectivity index (χ0) is 25.6. The molecule has 0 amide bonds. The Morgan fingerprint density at radius 3 is 2.58 bits per heavy atom. The SMILES string of the molecule is CC(C(=O)OC(C)(C)C)n1nc(Cn2cc3cc(OCC4CC4)c(Cl)cc3n2)c2ccccc2c1=O. The Balaban J connectivity index is 1.50. The Bertz CT molecular complexity index is 1510. The molecule has 2 aromatic heterocycles. The van der Waals surface area contributed by atoms with Gasteiger partial charge in [0.25, 0.3) is 5.56 Å². The maximum Gasteiger partial charge on any atom is 0.331 e. The predicted octanol–water partition coefficient (Wildman–Crippen LogP) is 5.14. The van der Waals surface area contributed by atoms with Crippen LogP contribution in [0, 0.1) is 5.92 Å². The van der Waals surface area contributed by atoms with Crippen LogP contribution < -0.4 is 10.3 Å². The molecule has 0 bridgehead atoms. The summed E-state index contributed by atoms with van der Waals surface area (Å²) in [6.45, 7) is 7.96. The fourth-order valence-corrected chi connectivity index (χ4v) is 4.27. The van der Waals surface area contributed by atoms with Gasteiger partial charge in [0.2, 0.25) is 0 Å². The number of rotatable bonds is 7. The van der Waals surface area contributed by atoms with Gasteiger partial charge in [0.1, 0.15) is 11.4 Å². The zero-order valence-corrected chi connectivity index (χ0v) is 21.6. The molecule has 1 unspecified atom stereocenters. The number of nitrogens with zero attached hydrogens (tertiary/aromatic N) is 4. The molecule has 1 atom stereocenters. The maximum atomic E-state index is 13.2. The molecule has 0 N–H and O–H groups in total. The number of hydrogen-bond acceptors (Lipinski definition) is 6. The summed E-state index contributed by atoms with van der Waals surface area (Å²) in [6, 6.07) is 10.1. The first-order chi connectivity index (χ1) is 17.1. The molecule has 0 saturated heterocycles. The van der Waals surface area contributed by atoms with Gasteiger partial charge >= 0.3 is 5.97 Å². The van der Waals surface area contributed by atoms with Crippen molar-refractivity contribution in [2.24, 2.45) is 5.92 Å². The molecule has 0 spiro atoms. The first kappa shape index (κ1) is 24.3. The number of esters is 1. The van der Waals surface area contributed by atoms with Crippen LogP contribution in [0.15, 0.2) is 47.4 Å². The molecule has 4 aromatic rings. The van der Waals surface area contributed by atoms with E-state index in [0.29, 0.717) is 46.3 Å². The van der Waals surface area contributed by atoms with Gasteiger partial charge < -0.3 is 9.47 Å². The predicted molar refractivity (Wildman–Crippen MR) is 139 cm³/mol. The number of halogens is 1. The summed E-state index contributed by atoms with van der Waals surface area (Å²) >= 11 is 6.43. The van der Waals surface area contributed by atoms with Gasteiger partial charge in [-0.15, -0.1) is 0 Å². The number of benzene rings is 2. The molecular weight excluding hydrogens is 480 g/mol. The van der Waals surface area contributed by atoms with Gasteiger partial charge in [-0.05, 0) is 64.7 Å². The standard InChI is InChI=1S/C27H29ClN4O4/c1-16(26(34)36-27(2,3)4)32-25(33)20-8-6-5-7-19(20)23(30-32)14-31-13-18-11-24(35-15-17-9-10-17)21(28)12-22(18)29-31/h5-8,11-13,16-17H,9-10,14-15H2,1-4H3. The van der Waals surface area contributed by atoms with Crippen LogP contribution >= 0.6 is 11.6 Å². The van der Waals surface area contributed by atoms with E-state index >= 15 is 0 Å². The fraction of sp³-hybridized carbons (Fsp3) is 0.407. The fourth-order valence-electron chi connectivity index (χ4n) is 4.05. The van der Waals surface area contributed by atoms with E-state index in [-0.39, 0.29) is 5.56 Å². The monoisotopic (exact) mass is 508 g/mol. The van der Waals surface area contributed by atoms with E-state index < -0.39 is 17.6 Å². The molecule has 188 valence electrons. The van der Waals surface area contributed by atoms with Gasteiger partial charge in [-0.2, -0.15) is 10.2 Å². The Morgan fingerprint density at radius 1 is 1.17 bits per heavy atom. The Morgan fingerprint density at radius 2 is 1.89 bits per heavy atom. The summed E-state index contributed by atoms with van der Waals surface area (Å²) in [6.07, 6.45) is 4.31. The number of aromatic nitrogens is 4. The second-order valence-corrected chi connectivity index (χ2v) is 10.8. The number of fused-ring (bicyclic) bond motifs is 2. The van der Waals surface area contributed by atoms with Crippen LogP contribution in [-0.2, 0) is 16.1 Å². The van der Waals surface area contributed by atoms with Crippen molar-refractivity contribution in [2.45, 2.75) is 58.7 Å². The van der Waals surface area contributed by atoms with E-state index in [9.17, 15) is 9.59 Å². The molecule has 1 aliphatic carbocycles. The summed E-state index contributed by atoms with van der Waals surface area (Å²) in [7, 11) is 0. The number of carbonyl (C=O) groups is 1. The third-order valence-corrected chi connectivity index (χ3v) is 6.40. The quantitative estimate of drug-likeness (QED) is 0.321. The van der Waals surface area contributed by atoms with E-state index in [1.165, 1.54) is 17.5 Å². The molecule has 0 radical (unpaired) electrons. The maximum absolute atomic E-state index is 13.2. The summed E-state index contributed by atoms with van der Waals surface area (Å²) < 4.78 is 14.4. The molecule has 9 heteroatoms. The molecule has 1 fully saturated rings. The first-order valence-corrected chi connectivity index (χ1v) is 12.5. The zero-order valence-electron chi connectivity index (χ0n) is 20.8. The minimum Gasteiger partial charge on any atom is -0.492 e. The first-order valence-electron chi connectivity index (χ1n) is 12.1. The lowest BCUT2D eigenvalue weighted by molar-refractivity contribution is -0.158. The van der Waals surface area contributed by atoms with Crippen molar-refractivity contribution in [1.82, 2.24) is 19.6 Å². The van der Waals surface area contributed by atoms with Crippen LogP contribution in [-0.4, -0.2) is 37.7 Å². The van der Waals surface area contributed by atoms with Crippen LogP contribution in [0.25, 0.3) is 21.7 Å². The summed E-state index contributed by atoms with van der Waals surface area (Å²) in [5.41, 5.74) is 0.331. The summed E-state index contributed by atoms with van der Waals surface area (Å²) in [5, 5.41) is 11.9. The Labute approximate surface area is 213 Å². The summed E-state index contributed by atoms with van der Waals surface area (Å²) in [5.74, 6) is 0.757. The van der Waals surface area contributed by atoms with Crippen molar-refractivity contribution in [2.75, 3.05) is 6.61 Å². The molecule has 2 heterocycles. The van der Waals surface area contributed by atoms with Gasteiger partial charge in [0, 0.05) is 17.0 Å². The highest BCUT2D eigenvalue weighted by molar-refractivity contribution is 6.32. The highest BCUT2D eigenvalue weighted by Gasteiger charge is 2.26. The van der Waals surface area contributed by atoms with Crippen LogP contribution in [0.5, 0.6) is 5.75 Å². The smallest absolute Gasteiger partial charge is 0.331 e. The molecule has 0 aliphatic heterocycles. The van der Waals surface area contributed by atoms with Crippen LogP contribution in [0.2, 0.25) is 5.02 Å². The Hall–Kier alpha value is -3.39. The topological polar surface area (TPSA) is 88.2 Å². The van der Waals surface area contributed by atoms with E-state index in [1.54, 1.807) is 50.6 Å². The lowest BCUT2D eigenvalue weighted by Gasteiger charge is -2.23. The molecular formula is C27H29ClN4O4. The van der Waals surface area contributed by atoms with Gasteiger partial charge in [0.05, 0.1) is 34.8 Å². The average Bonchev–Trinajstić information content (AvgIpc) is 3.57. The number of carbonyl (C=O) groups excluding carboxylic acids is 1. The molecule has 1 saturated carbocycles. The van der Waals surface area contributed by atoms with Crippen molar-refractivity contribution in [3.63, 3.8) is 0 Å². The largest absolute Gasteiger partial charge is 0.492 e. The molecule has 5 rings (SSSR count). The minimum atomic E-state index is -0.887. The molecule has 36 heavy (non-hydrogen) atoms. The van der Waals surface area contributed by atoms with E-state index in [2.05, 4.69) is 10.2 Å². The molecule has 1 aliphatic rings. The van der Waals surface area contributed by atoms with Crippen LogP contribution in [0.1, 0.15) is 52.3 Å². The van der Waals surface area contributed by atoms with Gasteiger partial charge in [-0.3, -0.25) is 9.48 Å². The van der Waals surface area contributed by atoms with Crippen molar-refractivity contribution >= 4 is 39.2 Å². The average molecular weight is 509 g/mol. The van der Waals surface area contributed by atoms with Crippen molar-refractivity contribution in [3.8, 4) is 5.75 Å². The van der Waals surface area contributed by atoms with E-state index in [1.807, 2.05) is 24.4 Å². The van der Waals surface area contributed by atoms with Crippen LogP contribution in [0.3, 0.4) is 0 Å². The highest BCUT2D eigenvalue weighted by atomic mass is 35.5. The van der Waals surface area contributed by atoms with E-state index in [0.717, 1.165) is 10.9 Å². The third-order valence-electron chi connectivity index (χ3n) is 6.11. The van der Waals surface area contributed by atoms with E-state index in [4.69, 9.17) is 21.1 Å².